The van der Waals surface area contributed by atoms with Crippen LogP contribution < -0.4 is 21.3 Å². The van der Waals surface area contributed by atoms with E-state index in [2.05, 4.69) is 52.4 Å². The van der Waals surface area contributed by atoms with Gasteiger partial charge in [-0.2, -0.15) is 0 Å². The summed E-state index contributed by atoms with van der Waals surface area (Å²) >= 11 is 6.13. The van der Waals surface area contributed by atoms with Crippen LogP contribution in [0, 0.1) is 5.82 Å². The van der Waals surface area contributed by atoms with Gasteiger partial charge in [-0.05, 0) is 68.4 Å². The van der Waals surface area contributed by atoms with Crippen molar-refractivity contribution in [1.82, 2.24) is 20.6 Å². The molecular weight excluding hydrogens is 487 g/mol. The van der Waals surface area contributed by atoms with Crippen molar-refractivity contribution < 1.29 is 4.39 Å². The lowest BCUT2D eigenvalue weighted by Gasteiger charge is -2.22. The number of halogens is 2. The van der Waals surface area contributed by atoms with Crippen molar-refractivity contribution >= 4 is 23.1 Å². The summed E-state index contributed by atoms with van der Waals surface area (Å²) in [6.07, 6.45) is 9.16. The van der Waals surface area contributed by atoms with E-state index < -0.39 is 0 Å². The predicted octanol–water partition coefficient (Wildman–Crippen LogP) is 6.63. The number of hydrogen-bond donors (Lipinski definition) is 4. The monoisotopic (exact) mass is 522 g/mol. The molecule has 2 aromatic heterocycles. The highest BCUT2D eigenvalue weighted by atomic mass is 35.5. The molecule has 0 saturated carbocycles. The quantitative estimate of drug-likeness (QED) is 0.224. The van der Waals surface area contributed by atoms with Gasteiger partial charge in [0.05, 0.1) is 17.6 Å². The molecule has 1 aliphatic rings. The molecule has 6 nitrogen and oxygen atoms in total. The Balaban J connectivity index is 0.000000479. The van der Waals surface area contributed by atoms with Gasteiger partial charge in [-0.1, -0.05) is 38.1 Å². The highest BCUT2D eigenvalue weighted by Gasteiger charge is 2.20. The summed E-state index contributed by atoms with van der Waals surface area (Å²) < 4.78 is 14.6. The molecule has 0 spiro atoms. The molecule has 8 heteroatoms. The van der Waals surface area contributed by atoms with Crippen LogP contribution in [0.15, 0.2) is 67.8 Å². The van der Waals surface area contributed by atoms with Crippen LogP contribution in [0.25, 0.3) is 22.4 Å². The Morgan fingerprint density at radius 1 is 1.19 bits per heavy atom. The van der Waals surface area contributed by atoms with Crippen molar-refractivity contribution in [2.45, 2.75) is 32.6 Å². The lowest BCUT2D eigenvalue weighted by atomic mass is 9.94. The predicted molar refractivity (Wildman–Crippen MR) is 154 cm³/mol. The summed E-state index contributed by atoms with van der Waals surface area (Å²) in [5.74, 6) is 0.444. The van der Waals surface area contributed by atoms with Crippen LogP contribution in [0.4, 0.5) is 15.9 Å². The Morgan fingerprint density at radius 3 is 2.78 bits per heavy atom. The van der Waals surface area contributed by atoms with Gasteiger partial charge in [0.15, 0.2) is 0 Å². The molecule has 0 saturated heterocycles. The van der Waals surface area contributed by atoms with E-state index in [1.54, 1.807) is 24.5 Å². The van der Waals surface area contributed by atoms with Gasteiger partial charge in [0.1, 0.15) is 11.6 Å². The van der Waals surface area contributed by atoms with Crippen LogP contribution >= 0.6 is 11.6 Å². The molecule has 0 unspecified atom stereocenters. The summed E-state index contributed by atoms with van der Waals surface area (Å²) in [5.41, 5.74) is 5.85. The first kappa shape index (κ1) is 28.2. The van der Waals surface area contributed by atoms with Gasteiger partial charge in [-0.3, -0.25) is 4.98 Å². The first-order valence-corrected chi connectivity index (χ1v) is 13.0. The third kappa shape index (κ3) is 8.03. The molecule has 0 aliphatic carbocycles. The first-order chi connectivity index (χ1) is 18.0. The maximum atomic E-state index is 14.6. The highest BCUT2D eigenvalue weighted by molar-refractivity contribution is 6.30. The number of likely N-dealkylation sites (N-methyl/N-ethyl adjacent to an activating group) is 1. The Hall–Kier alpha value is -3.42. The normalized spacial score (nSPS) is 11.9. The number of fused-ring (bicyclic) bond motifs is 1. The Labute approximate surface area is 224 Å². The van der Waals surface area contributed by atoms with Gasteiger partial charge < -0.3 is 21.3 Å². The Kier molecular flexibility index (Phi) is 10.9. The standard InChI is InChI=1S/C24H24ClFN4.C5H12N2/c1-3-5-15(2)29-18-10-16(13-27-14-18)20-12-23(21-11-17(25)7-8-22(21)26)30-24-19(20)6-4-9-28-24;1-3-7-5-4-6-2/h7-8,10-14,29H,2-6,9H2,1H3,(H,28,30);3,6-7H,1,4-5H2,2H3. The van der Waals surface area contributed by atoms with E-state index >= 15 is 0 Å². The van der Waals surface area contributed by atoms with Crippen LogP contribution in [0.5, 0.6) is 0 Å². The summed E-state index contributed by atoms with van der Waals surface area (Å²) in [5, 5.41) is 13.1. The molecule has 0 atom stereocenters. The second-order valence-electron chi connectivity index (χ2n) is 8.74. The molecule has 1 aromatic carbocycles. The molecule has 0 radical (unpaired) electrons. The fourth-order valence-electron chi connectivity index (χ4n) is 4.06. The molecule has 4 rings (SSSR count). The van der Waals surface area contributed by atoms with Crippen molar-refractivity contribution in [3.8, 4) is 22.4 Å². The zero-order chi connectivity index (χ0) is 26.6. The highest BCUT2D eigenvalue weighted by Crippen LogP contribution is 2.37. The zero-order valence-electron chi connectivity index (χ0n) is 21.6. The van der Waals surface area contributed by atoms with Gasteiger partial charge in [-0.15, -0.1) is 0 Å². The van der Waals surface area contributed by atoms with E-state index in [-0.39, 0.29) is 5.82 Å². The smallest absolute Gasteiger partial charge is 0.132 e. The average Bonchev–Trinajstić information content (AvgIpc) is 2.90. The first-order valence-electron chi connectivity index (χ1n) is 12.6. The molecular formula is C29H36ClFN6. The zero-order valence-corrected chi connectivity index (χ0v) is 22.4. The summed E-state index contributed by atoms with van der Waals surface area (Å²) in [7, 11) is 1.92. The van der Waals surface area contributed by atoms with Crippen molar-refractivity contribution in [1.29, 1.82) is 0 Å². The van der Waals surface area contributed by atoms with Gasteiger partial charge >= 0.3 is 0 Å². The molecule has 0 bridgehead atoms. The molecule has 1 aliphatic heterocycles. The average molecular weight is 523 g/mol. The number of benzene rings is 1. The van der Waals surface area contributed by atoms with Crippen LogP contribution in [-0.4, -0.2) is 36.6 Å². The Morgan fingerprint density at radius 2 is 2.03 bits per heavy atom. The van der Waals surface area contributed by atoms with E-state index in [4.69, 9.17) is 16.6 Å². The van der Waals surface area contributed by atoms with Crippen LogP contribution in [0.3, 0.4) is 0 Å². The van der Waals surface area contributed by atoms with E-state index in [9.17, 15) is 4.39 Å². The second kappa shape index (κ2) is 14.4. The van der Waals surface area contributed by atoms with Crippen LogP contribution in [0.2, 0.25) is 5.02 Å². The molecule has 0 fully saturated rings. The molecule has 4 N–H and O–H groups in total. The third-order valence-electron chi connectivity index (χ3n) is 5.81. The van der Waals surface area contributed by atoms with Gasteiger partial charge in [0, 0.05) is 53.2 Å². The lowest BCUT2D eigenvalue weighted by Crippen LogP contribution is -2.20. The van der Waals surface area contributed by atoms with Crippen LogP contribution in [0.1, 0.15) is 31.7 Å². The largest absolute Gasteiger partial charge is 0.390 e. The van der Waals surface area contributed by atoms with Crippen LogP contribution in [-0.2, 0) is 6.42 Å². The number of pyridine rings is 2. The topological polar surface area (TPSA) is 73.9 Å². The lowest BCUT2D eigenvalue weighted by molar-refractivity contribution is 0.630. The number of rotatable bonds is 10. The maximum Gasteiger partial charge on any atom is 0.132 e. The number of aromatic nitrogens is 2. The van der Waals surface area contributed by atoms with Gasteiger partial charge in [-0.25, -0.2) is 9.37 Å². The summed E-state index contributed by atoms with van der Waals surface area (Å²) in [6, 6.07) is 8.51. The SMILES string of the molecule is C=C(CCC)Nc1cncc(-c2cc(-c3cc(Cl)ccc3F)nc3c2CCCN3)c1.C=CNCCNC. The van der Waals surface area contributed by atoms with E-state index in [1.165, 1.54) is 6.07 Å². The molecule has 3 aromatic rings. The number of allylic oxidation sites excluding steroid dienone is 1. The summed E-state index contributed by atoms with van der Waals surface area (Å²) in [4.78, 5) is 9.12. The fraction of sp³-hybridized carbons (Fsp3) is 0.310. The minimum Gasteiger partial charge on any atom is -0.390 e. The van der Waals surface area contributed by atoms with E-state index in [1.807, 2.05) is 19.3 Å². The summed E-state index contributed by atoms with van der Waals surface area (Å²) in [6.45, 7) is 12.5. The maximum absolute atomic E-state index is 14.6. The molecule has 3 heterocycles. The minimum atomic E-state index is -0.349. The second-order valence-corrected chi connectivity index (χ2v) is 9.18. The van der Waals surface area contributed by atoms with E-state index in [0.717, 1.165) is 79.2 Å². The number of anilines is 2. The number of hydrogen-bond acceptors (Lipinski definition) is 6. The molecule has 0 amide bonds. The fourth-order valence-corrected chi connectivity index (χ4v) is 4.23. The number of nitrogens with zero attached hydrogens (tertiary/aromatic N) is 2. The third-order valence-corrected chi connectivity index (χ3v) is 6.05. The van der Waals surface area contributed by atoms with E-state index in [0.29, 0.717) is 16.3 Å². The molecule has 37 heavy (non-hydrogen) atoms. The minimum absolute atomic E-state index is 0.349. The number of nitrogens with one attached hydrogen (secondary N) is 4. The van der Waals surface area contributed by atoms with Crippen molar-refractivity contribution in [3.63, 3.8) is 0 Å². The van der Waals surface area contributed by atoms with Crippen molar-refractivity contribution in [2.24, 2.45) is 0 Å². The van der Waals surface area contributed by atoms with Crippen molar-refractivity contribution in [3.05, 3.63) is 84.2 Å². The van der Waals surface area contributed by atoms with Crippen molar-refractivity contribution in [2.75, 3.05) is 37.3 Å². The van der Waals surface area contributed by atoms with Gasteiger partial charge in [0.2, 0.25) is 0 Å². The Bertz CT molecular complexity index is 1210. The van der Waals surface area contributed by atoms with Gasteiger partial charge in [0.25, 0.3) is 0 Å². The molecule has 196 valence electrons.